The Morgan fingerprint density at radius 2 is 2.06 bits per heavy atom. The molecule has 1 atom stereocenters. The van der Waals surface area contributed by atoms with Crippen LogP contribution in [0.15, 0.2) is 53.9 Å². The number of rotatable bonds is 7. The lowest BCUT2D eigenvalue weighted by Gasteiger charge is -2.31. The van der Waals surface area contributed by atoms with E-state index in [2.05, 4.69) is 29.5 Å². The van der Waals surface area contributed by atoms with Crippen molar-refractivity contribution in [3.63, 3.8) is 0 Å². The van der Waals surface area contributed by atoms with Crippen LogP contribution >= 0.6 is 9.24 Å². The smallest absolute Gasteiger partial charge is 0.300 e. The van der Waals surface area contributed by atoms with E-state index in [1.165, 1.54) is 27.6 Å². The summed E-state index contributed by atoms with van der Waals surface area (Å²) in [4.78, 5) is 13.5. The summed E-state index contributed by atoms with van der Waals surface area (Å²) in [5, 5.41) is 13.9. The third-order valence-corrected chi connectivity index (χ3v) is 5.70. The zero-order valence-electron chi connectivity index (χ0n) is 19.2. The van der Waals surface area contributed by atoms with Crippen molar-refractivity contribution in [2.24, 2.45) is 11.1 Å². The van der Waals surface area contributed by atoms with Crippen molar-refractivity contribution in [2.75, 3.05) is 12.4 Å². The Labute approximate surface area is 196 Å². The lowest BCUT2D eigenvalue weighted by Crippen LogP contribution is -2.25. The van der Waals surface area contributed by atoms with E-state index in [-0.39, 0.29) is 11.1 Å². The van der Waals surface area contributed by atoms with E-state index < -0.39 is 5.66 Å². The van der Waals surface area contributed by atoms with E-state index in [4.69, 9.17) is 11.1 Å². The van der Waals surface area contributed by atoms with Crippen LogP contribution in [0.25, 0.3) is 0 Å². The molecule has 3 rings (SSSR count). The molecule has 0 radical (unpaired) electrons. The number of nitrogens with one attached hydrogen (secondary N) is 3. The average molecular weight is 476 g/mol. The quantitative estimate of drug-likeness (QED) is 0.263. The molecule has 0 fully saturated rings. The molecule has 1 aliphatic rings. The second kappa shape index (κ2) is 11.3. The van der Waals surface area contributed by atoms with Gasteiger partial charge in [-0.2, -0.15) is 8.78 Å². The molecule has 6 nitrogen and oxygen atoms in total. The van der Waals surface area contributed by atoms with Crippen LogP contribution in [-0.2, 0) is 17.0 Å². The normalized spacial score (nSPS) is 15.2. The fourth-order valence-corrected chi connectivity index (χ4v) is 3.68. The molecule has 0 aliphatic heterocycles. The number of halogens is 2. The summed E-state index contributed by atoms with van der Waals surface area (Å²) in [5.41, 5.74) is 8.26. The average Bonchev–Trinajstić information content (AvgIpc) is 2.77. The zero-order chi connectivity index (χ0) is 24.6. The largest absolute Gasteiger partial charge is 0.402 e. The Balaban J connectivity index is 0.000000245. The number of aromatic nitrogens is 1. The van der Waals surface area contributed by atoms with Gasteiger partial charge in [0.2, 0.25) is 6.41 Å². The van der Waals surface area contributed by atoms with E-state index in [0.717, 1.165) is 41.8 Å². The van der Waals surface area contributed by atoms with Crippen molar-refractivity contribution in [1.82, 2.24) is 10.3 Å². The Hall–Kier alpha value is -2.86. The fourth-order valence-electron chi connectivity index (χ4n) is 3.51. The van der Waals surface area contributed by atoms with Crippen LogP contribution in [0.2, 0.25) is 0 Å². The monoisotopic (exact) mass is 475 g/mol. The van der Waals surface area contributed by atoms with Crippen molar-refractivity contribution in [3.05, 3.63) is 70.7 Å². The lowest BCUT2D eigenvalue weighted by atomic mass is 9.75. The Bertz CT molecular complexity index is 1000. The molecule has 0 bridgehead atoms. The minimum absolute atomic E-state index is 0.265. The highest BCUT2D eigenvalue weighted by molar-refractivity contribution is 7.17. The molecule has 5 N–H and O–H groups in total. The Kier molecular flexibility index (Phi) is 9.06. The van der Waals surface area contributed by atoms with Crippen LogP contribution in [0.1, 0.15) is 49.9 Å². The predicted molar refractivity (Wildman–Crippen MR) is 132 cm³/mol. The zero-order valence-corrected chi connectivity index (χ0v) is 20.4. The van der Waals surface area contributed by atoms with E-state index in [0.29, 0.717) is 24.2 Å². The predicted octanol–water partition coefficient (Wildman–Crippen LogP) is 4.77. The van der Waals surface area contributed by atoms with Gasteiger partial charge in [0.1, 0.15) is 5.69 Å². The number of amides is 1. The maximum Gasteiger partial charge on any atom is 0.300 e. The van der Waals surface area contributed by atoms with Gasteiger partial charge in [-0.05, 0) is 54.0 Å². The summed E-state index contributed by atoms with van der Waals surface area (Å²) in [6, 6.07) is 10.7. The standard InChI is InChI=1S/C16H23N3.C8H9F2N2OP/c1-16(2)8-7-13(14(17)10-16)15(18)11-5-4-6-12(9-11)19-3;9-8(10,14)7-2-1-6(4-12-7)3-11-5-13/h4-6,9,18-19H,7-8,10,17H2,1-3H3;1-2,4-5H,3,14H2,(H,11,13). The van der Waals surface area contributed by atoms with Gasteiger partial charge in [0, 0.05) is 36.7 Å². The van der Waals surface area contributed by atoms with Crippen molar-refractivity contribution < 1.29 is 13.6 Å². The van der Waals surface area contributed by atoms with Gasteiger partial charge in [0.05, 0.1) is 5.71 Å². The summed E-state index contributed by atoms with van der Waals surface area (Å²) in [6.07, 6.45) is 4.73. The molecule has 0 saturated carbocycles. The number of hydrogen-bond acceptors (Lipinski definition) is 5. The van der Waals surface area contributed by atoms with Gasteiger partial charge in [-0.1, -0.05) is 41.3 Å². The van der Waals surface area contributed by atoms with Crippen molar-refractivity contribution in [3.8, 4) is 0 Å². The SMILES string of the molecule is CNc1cccc(C(=N)C2=C(N)CC(C)(C)CC2)c1.O=CNCc1ccc(C(F)(F)P)nc1. The van der Waals surface area contributed by atoms with E-state index in [1.807, 2.05) is 31.3 Å². The number of benzene rings is 1. The molecule has 33 heavy (non-hydrogen) atoms. The number of alkyl halides is 2. The van der Waals surface area contributed by atoms with Crippen molar-refractivity contribution in [2.45, 2.75) is 45.3 Å². The third-order valence-electron chi connectivity index (χ3n) is 5.41. The van der Waals surface area contributed by atoms with Gasteiger partial charge in [0.15, 0.2) is 0 Å². The molecular weight excluding hydrogens is 443 g/mol. The maximum absolute atomic E-state index is 12.7. The minimum atomic E-state index is -3.00. The molecule has 9 heteroatoms. The lowest BCUT2D eigenvalue weighted by molar-refractivity contribution is -0.109. The van der Waals surface area contributed by atoms with Crippen LogP contribution in [-0.4, -0.2) is 24.2 Å². The number of hydrogen-bond donors (Lipinski definition) is 4. The molecule has 178 valence electrons. The highest BCUT2D eigenvalue weighted by atomic mass is 31.0. The molecule has 1 heterocycles. The van der Waals surface area contributed by atoms with Gasteiger partial charge in [-0.15, -0.1) is 0 Å². The van der Waals surface area contributed by atoms with Crippen LogP contribution in [0, 0.1) is 10.8 Å². The maximum atomic E-state index is 12.7. The highest BCUT2D eigenvalue weighted by Crippen LogP contribution is 2.37. The first-order chi connectivity index (χ1) is 15.5. The highest BCUT2D eigenvalue weighted by Gasteiger charge is 2.28. The van der Waals surface area contributed by atoms with Crippen molar-refractivity contribution >= 4 is 27.0 Å². The third kappa shape index (κ3) is 7.90. The number of carbonyl (C=O) groups is 1. The Morgan fingerprint density at radius 3 is 2.61 bits per heavy atom. The van der Waals surface area contributed by atoms with Crippen LogP contribution in [0.5, 0.6) is 0 Å². The number of nitrogens with two attached hydrogens (primary N) is 1. The van der Waals surface area contributed by atoms with Crippen molar-refractivity contribution in [1.29, 1.82) is 5.41 Å². The van der Waals surface area contributed by atoms with Crippen LogP contribution < -0.4 is 16.4 Å². The number of nitrogens with zero attached hydrogens (tertiary/aromatic N) is 1. The van der Waals surface area contributed by atoms with Gasteiger partial charge in [-0.25, -0.2) is 0 Å². The minimum Gasteiger partial charge on any atom is -0.402 e. The molecule has 1 amide bonds. The fraction of sp³-hybridized carbons (Fsp3) is 0.375. The topological polar surface area (TPSA) is 104 Å². The molecule has 0 spiro atoms. The summed E-state index contributed by atoms with van der Waals surface area (Å²) in [5.74, 6) is 0. The van der Waals surface area contributed by atoms with Gasteiger partial charge >= 0.3 is 0 Å². The Morgan fingerprint density at radius 1 is 1.33 bits per heavy atom. The van der Waals surface area contributed by atoms with E-state index >= 15 is 0 Å². The summed E-state index contributed by atoms with van der Waals surface area (Å²) < 4.78 is 25.3. The molecule has 1 aromatic carbocycles. The van der Waals surface area contributed by atoms with E-state index in [1.54, 1.807) is 0 Å². The van der Waals surface area contributed by atoms with Gasteiger partial charge in [-0.3, -0.25) is 15.2 Å². The van der Waals surface area contributed by atoms with Gasteiger partial charge in [0.25, 0.3) is 5.66 Å². The molecular formula is C24H32F2N5OP. The number of pyridine rings is 1. The second-order valence-electron chi connectivity index (χ2n) is 8.72. The first kappa shape index (κ1) is 26.4. The summed E-state index contributed by atoms with van der Waals surface area (Å²) in [7, 11) is 3.30. The summed E-state index contributed by atoms with van der Waals surface area (Å²) >= 11 is 0. The number of anilines is 1. The molecule has 0 saturated heterocycles. The number of carbonyl (C=O) groups excluding carboxylic acids is 1. The first-order valence-electron chi connectivity index (χ1n) is 10.6. The van der Waals surface area contributed by atoms with Crippen LogP contribution in [0.3, 0.4) is 0 Å². The van der Waals surface area contributed by atoms with E-state index in [9.17, 15) is 13.6 Å². The van der Waals surface area contributed by atoms with Gasteiger partial charge < -0.3 is 16.4 Å². The first-order valence-corrected chi connectivity index (χ1v) is 11.2. The number of allylic oxidation sites excluding steroid dienone is 2. The molecule has 1 aliphatic carbocycles. The second-order valence-corrected chi connectivity index (χ2v) is 9.45. The van der Waals surface area contributed by atoms with Crippen LogP contribution in [0.4, 0.5) is 14.5 Å². The molecule has 1 aromatic heterocycles. The molecule has 1 unspecified atom stereocenters. The molecule has 2 aromatic rings. The summed E-state index contributed by atoms with van der Waals surface area (Å²) in [6.45, 7) is 4.77.